The second-order valence-electron chi connectivity index (χ2n) is 6.66. The number of hydrogen-bond acceptors (Lipinski definition) is 2. The lowest BCUT2D eigenvalue weighted by Crippen LogP contribution is -2.01. The van der Waals surface area contributed by atoms with Gasteiger partial charge in [-0.2, -0.15) is 0 Å². The fourth-order valence-corrected chi connectivity index (χ4v) is 2.95. The van der Waals surface area contributed by atoms with Crippen LogP contribution in [-0.2, 0) is 0 Å². The Balaban J connectivity index is 1.95. The molecule has 1 rings (SSSR count). The number of nitrogens with one attached hydrogen (secondary N) is 1. The molecule has 0 bridgehead atoms. The molecule has 0 atom stereocenters. The average Bonchev–Trinajstić information content (AvgIpc) is 2.62. The van der Waals surface area contributed by atoms with Crippen LogP contribution in [0.4, 0.5) is 5.69 Å². The lowest BCUT2D eigenvalue weighted by Gasteiger charge is -2.06. The number of carbonyl (C=O) groups excluding carboxylic acids is 1. The zero-order valence-electron chi connectivity index (χ0n) is 15.7. The van der Waals surface area contributed by atoms with E-state index >= 15 is 0 Å². The van der Waals surface area contributed by atoms with Crippen LogP contribution in [0, 0.1) is 0 Å². The van der Waals surface area contributed by atoms with Gasteiger partial charge in [-0.1, -0.05) is 70.1 Å². The summed E-state index contributed by atoms with van der Waals surface area (Å²) in [6.45, 7) is 3.17. The topological polar surface area (TPSA) is 29.1 Å². The number of halogens is 1. The zero-order chi connectivity index (χ0) is 18.2. The van der Waals surface area contributed by atoms with Crippen molar-refractivity contribution >= 4 is 22.5 Å². The third-order valence-electron chi connectivity index (χ3n) is 4.36. The molecule has 0 radical (unpaired) electrons. The summed E-state index contributed by atoms with van der Waals surface area (Å²) in [7, 11) is 0. The predicted octanol–water partition coefficient (Wildman–Crippen LogP) is 7.34. The van der Waals surface area contributed by atoms with Gasteiger partial charge < -0.3 is 5.32 Å². The highest BCUT2D eigenvalue weighted by Crippen LogP contribution is 2.13. The molecule has 0 aliphatic rings. The molecule has 1 N–H and O–H groups in total. The van der Waals surface area contributed by atoms with Gasteiger partial charge in [0.15, 0.2) is 0 Å². The van der Waals surface area contributed by atoms with Gasteiger partial charge in [-0.3, -0.25) is 4.79 Å². The second kappa shape index (κ2) is 15.0. The van der Waals surface area contributed by atoms with Crippen molar-refractivity contribution in [3.63, 3.8) is 0 Å². The Bertz CT molecular complexity index is 499. The molecule has 0 amide bonds. The number of benzene rings is 1. The molecule has 0 unspecified atom stereocenters. The van der Waals surface area contributed by atoms with Crippen molar-refractivity contribution in [3.8, 4) is 0 Å². The Hall–Kier alpha value is -1.28. The molecule has 0 heterocycles. The van der Waals surface area contributed by atoms with E-state index in [0.717, 1.165) is 25.1 Å². The molecule has 0 fully saturated rings. The van der Waals surface area contributed by atoms with E-state index in [9.17, 15) is 4.79 Å². The van der Waals surface area contributed by atoms with Gasteiger partial charge in [0.25, 0.3) is 5.24 Å². The third kappa shape index (κ3) is 11.8. The summed E-state index contributed by atoms with van der Waals surface area (Å²) in [4.78, 5) is 11.1. The molecule has 1 aromatic rings. The highest BCUT2D eigenvalue weighted by Gasteiger charge is 2.01. The van der Waals surface area contributed by atoms with Crippen molar-refractivity contribution in [2.75, 3.05) is 11.9 Å². The van der Waals surface area contributed by atoms with Crippen molar-refractivity contribution < 1.29 is 4.79 Å². The van der Waals surface area contributed by atoms with Crippen LogP contribution in [0.2, 0.25) is 0 Å². The summed E-state index contributed by atoms with van der Waals surface area (Å²) in [6.07, 6.45) is 19.1. The summed E-state index contributed by atoms with van der Waals surface area (Å²) >= 11 is 5.49. The van der Waals surface area contributed by atoms with Gasteiger partial charge in [-0.25, -0.2) is 0 Å². The SMILES string of the molecule is CCCCCCCCCC/C=C/CCCNc1cccc(C(=O)Cl)c1. The molecule has 0 saturated carbocycles. The monoisotopic (exact) mass is 363 g/mol. The number of anilines is 1. The van der Waals surface area contributed by atoms with E-state index < -0.39 is 5.24 Å². The van der Waals surface area contributed by atoms with Gasteiger partial charge in [0.1, 0.15) is 0 Å². The van der Waals surface area contributed by atoms with Gasteiger partial charge in [0.2, 0.25) is 0 Å². The molecule has 140 valence electrons. The molecule has 1 aromatic carbocycles. The quantitative estimate of drug-likeness (QED) is 0.200. The Morgan fingerprint density at radius 2 is 1.60 bits per heavy atom. The summed E-state index contributed by atoms with van der Waals surface area (Å²) < 4.78 is 0. The van der Waals surface area contributed by atoms with Crippen LogP contribution < -0.4 is 5.32 Å². The molecule has 0 aromatic heterocycles. The summed E-state index contributed by atoms with van der Waals surface area (Å²) in [5.74, 6) is 0. The minimum atomic E-state index is -0.410. The first-order valence-electron chi connectivity index (χ1n) is 9.92. The maximum Gasteiger partial charge on any atom is 0.252 e. The van der Waals surface area contributed by atoms with Crippen LogP contribution in [0.3, 0.4) is 0 Å². The Morgan fingerprint density at radius 1 is 0.960 bits per heavy atom. The van der Waals surface area contributed by atoms with E-state index in [4.69, 9.17) is 11.6 Å². The highest BCUT2D eigenvalue weighted by atomic mass is 35.5. The van der Waals surface area contributed by atoms with E-state index in [2.05, 4.69) is 24.4 Å². The Labute approximate surface area is 159 Å². The fourth-order valence-electron chi connectivity index (χ4n) is 2.84. The van der Waals surface area contributed by atoms with Crippen molar-refractivity contribution in [2.24, 2.45) is 0 Å². The molecular formula is C22H34ClNO. The Kier molecular flexibility index (Phi) is 13.1. The first-order valence-corrected chi connectivity index (χ1v) is 10.3. The maximum absolute atomic E-state index is 11.1. The first-order chi connectivity index (χ1) is 12.2. The van der Waals surface area contributed by atoms with Gasteiger partial charge in [0.05, 0.1) is 0 Å². The Morgan fingerprint density at radius 3 is 2.28 bits per heavy atom. The molecule has 0 aliphatic carbocycles. The normalized spacial score (nSPS) is 11.1. The smallest absolute Gasteiger partial charge is 0.252 e. The van der Waals surface area contributed by atoms with E-state index in [0.29, 0.717) is 5.56 Å². The van der Waals surface area contributed by atoms with Crippen LogP contribution in [0.1, 0.15) is 87.9 Å². The van der Waals surface area contributed by atoms with Gasteiger partial charge in [0, 0.05) is 17.8 Å². The number of rotatable bonds is 15. The zero-order valence-corrected chi connectivity index (χ0v) is 16.5. The number of hydrogen-bond donors (Lipinski definition) is 1. The minimum Gasteiger partial charge on any atom is -0.385 e. The number of unbranched alkanes of at least 4 members (excludes halogenated alkanes) is 9. The summed E-state index contributed by atoms with van der Waals surface area (Å²) in [5.41, 5.74) is 1.49. The van der Waals surface area contributed by atoms with Gasteiger partial charge in [-0.05, 0) is 55.5 Å². The van der Waals surface area contributed by atoms with E-state index in [1.54, 1.807) is 12.1 Å². The van der Waals surface area contributed by atoms with Gasteiger partial charge in [-0.15, -0.1) is 0 Å². The number of allylic oxidation sites excluding steroid dienone is 2. The average molecular weight is 364 g/mol. The summed E-state index contributed by atoms with van der Waals surface area (Å²) in [5, 5.41) is 2.93. The van der Waals surface area contributed by atoms with Gasteiger partial charge >= 0.3 is 0 Å². The van der Waals surface area contributed by atoms with Crippen LogP contribution in [-0.4, -0.2) is 11.8 Å². The molecule has 3 heteroatoms. The van der Waals surface area contributed by atoms with Crippen LogP contribution in [0.5, 0.6) is 0 Å². The lowest BCUT2D eigenvalue weighted by molar-refractivity contribution is 0.108. The molecule has 0 aliphatic heterocycles. The van der Waals surface area contributed by atoms with Crippen molar-refractivity contribution in [2.45, 2.75) is 77.6 Å². The van der Waals surface area contributed by atoms with Crippen molar-refractivity contribution in [3.05, 3.63) is 42.0 Å². The highest BCUT2D eigenvalue weighted by molar-refractivity contribution is 6.67. The lowest BCUT2D eigenvalue weighted by atomic mass is 10.1. The molecule has 25 heavy (non-hydrogen) atoms. The van der Waals surface area contributed by atoms with Crippen LogP contribution in [0.25, 0.3) is 0 Å². The largest absolute Gasteiger partial charge is 0.385 e. The summed E-state index contributed by atoms with van der Waals surface area (Å²) in [6, 6.07) is 7.34. The predicted molar refractivity (Wildman–Crippen MR) is 111 cm³/mol. The molecule has 0 saturated heterocycles. The van der Waals surface area contributed by atoms with Crippen molar-refractivity contribution in [1.29, 1.82) is 0 Å². The molecule has 2 nitrogen and oxygen atoms in total. The second-order valence-corrected chi connectivity index (χ2v) is 7.00. The van der Waals surface area contributed by atoms with Crippen molar-refractivity contribution in [1.82, 2.24) is 0 Å². The van der Waals surface area contributed by atoms with E-state index in [1.165, 1.54) is 57.8 Å². The first kappa shape index (κ1) is 21.8. The molecular weight excluding hydrogens is 330 g/mol. The fraction of sp³-hybridized carbons (Fsp3) is 0.591. The number of carbonyl (C=O) groups is 1. The van der Waals surface area contributed by atoms with Crippen LogP contribution in [0.15, 0.2) is 36.4 Å². The molecule has 0 spiro atoms. The van der Waals surface area contributed by atoms with E-state index in [1.807, 2.05) is 12.1 Å². The van der Waals surface area contributed by atoms with Crippen LogP contribution >= 0.6 is 11.6 Å². The third-order valence-corrected chi connectivity index (χ3v) is 4.58. The standard InChI is InChI=1S/C22H34ClNO/c1-2-3-4-5-6-7-8-9-10-11-12-13-14-18-24-21-17-15-16-20(19-21)22(23)25/h11-12,15-17,19,24H,2-10,13-14,18H2,1H3/b12-11+. The van der Waals surface area contributed by atoms with E-state index in [-0.39, 0.29) is 0 Å². The maximum atomic E-state index is 11.1. The minimum absolute atomic E-state index is 0.410.